The largest absolute Gasteiger partial charge is 0.469 e. The van der Waals surface area contributed by atoms with E-state index in [2.05, 4.69) is 25.5 Å². The van der Waals surface area contributed by atoms with E-state index in [-0.39, 0.29) is 11.9 Å². The number of halogens is 1. The molecule has 3 unspecified atom stereocenters. The Morgan fingerprint density at radius 3 is 2.96 bits per heavy atom. The minimum atomic E-state index is -0.318. The van der Waals surface area contributed by atoms with Gasteiger partial charge in [0.05, 0.1) is 17.3 Å². The molecule has 2 fully saturated rings. The fourth-order valence-electron chi connectivity index (χ4n) is 3.37. The molecule has 0 saturated carbocycles. The van der Waals surface area contributed by atoms with Gasteiger partial charge < -0.3 is 9.47 Å². The normalized spacial score (nSPS) is 23.8. The van der Waals surface area contributed by atoms with Gasteiger partial charge in [0.1, 0.15) is 18.5 Å². The number of hydrogen-bond acceptors (Lipinski definition) is 6. The molecule has 2 aromatic rings. The summed E-state index contributed by atoms with van der Waals surface area (Å²) in [5, 5.41) is 0. The monoisotopic (exact) mass is 385 g/mol. The molecule has 1 aromatic heterocycles. The van der Waals surface area contributed by atoms with Crippen molar-refractivity contribution in [2.24, 2.45) is 5.92 Å². The fraction of sp³-hybridized carbons (Fsp3) is 0.400. The zero-order valence-electron chi connectivity index (χ0n) is 15.0. The van der Waals surface area contributed by atoms with E-state index in [4.69, 9.17) is 9.47 Å². The highest BCUT2D eigenvalue weighted by molar-refractivity contribution is 6.99. The molecule has 2 saturated heterocycles. The molecule has 5 nitrogen and oxygen atoms in total. The number of fused-ring (bicyclic) bond motifs is 2. The first-order chi connectivity index (χ1) is 13.2. The minimum absolute atomic E-state index is 0.175. The van der Waals surface area contributed by atoms with Crippen molar-refractivity contribution >= 4 is 11.7 Å². The third-order valence-electron chi connectivity index (χ3n) is 4.84. The van der Waals surface area contributed by atoms with Gasteiger partial charge in [-0.15, -0.1) is 8.75 Å². The Morgan fingerprint density at radius 2 is 2.19 bits per heavy atom. The smallest absolute Gasteiger partial charge is 0.291 e. The molecule has 4 rings (SSSR count). The van der Waals surface area contributed by atoms with Crippen molar-refractivity contribution in [2.75, 3.05) is 26.2 Å². The van der Waals surface area contributed by atoms with E-state index < -0.39 is 0 Å². The molecule has 27 heavy (non-hydrogen) atoms. The SMILES string of the molecule is C/C(C#Cc1ccccc1F)=C\COc1nsnc1OC1CN2CCC1C2. The minimum Gasteiger partial charge on any atom is -0.469 e. The summed E-state index contributed by atoms with van der Waals surface area (Å²) in [7, 11) is 0. The van der Waals surface area contributed by atoms with Crippen LogP contribution in [0.5, 0.6) is 11.8 Å². The molecule has 7 heteroatoms. The number of nitrogens with zero attached hydrogens (tertiary/aromatic N) is 3. The lowest BCUT2D eigenvalue weighted by molar-refractivity contribution is 0.130. The molecule has 2 aliphatic heterocycles. The Kier molecular flexibility index (Phi) is 5.37. The number of aromatic nitrogens is 2. The topological polar surface area (TPSA) is 47.5 Å². The lowest BCUT2D eigenvalue weighted by Crippen LogP contribution is -2.32. The predicted molar refractivity (Wildman–Crippen MR) is 101 cm³/mol. The maximum atomic E-state index is 13.6. The highest BCUT2D eigenvalue weighted by atomic mass is 32.1. The van der Waals surface area contributed by atoms with Crippen molar-refractivity contribution in [3.8, 4) is 23.6 Å². The van der Waals surface area contributed by atoms with E-state index in [1.165, 1.54) is 19.0 Å². The molecular formula is C20H20FN3O2S. The Balaban J connectivity index is 1.32. The molecular weight excluding hydrogens is 365 g/mol. The average molecular weight is 385 g/mol. The van der Waals surface area contributed by atoms with Crippen molar-refractivity contribution in [1.82, 2.24) is 13.6 Å². The molecule has 0 spiro atoms. The van der Waals surface area contributed by atoms with Crippen molar-refractivity contribution in [1.29, 1.82) is 0 Å². The zero-order valence-corrected chi connectivity index (χ0v) is 15.8. The van der Waals surface area contributed by atoms with Crippen LogP contribution in [0.1, 0.15) is 18.9 Å². The second-order valence-corrected chi connectivity index (χ2v) is 7.30. The maximum absolute atomic E-state index is 13.6. The van der Waals surface area contributed by atoms with Crippen LogP contribution in [0.4, 0.5) is 4.39 Å². The molecule has 0 N–H and O–H groups in total. The molecule has 1 aromatic carbocycles. The Labute approximate surface area is 162 Å². The molecule has 140 valence electrons. The predicted octanol–water partition coefficient (Wildman–Crippen LogP) is 3.14. The second-order valence-electron chi connectivity index (χ2n) is 6.77. The van der Waals surface area contributed by atoms with E-state index in [0.29, 0.717) is 29.8 Å². The van der Waals surface area contributed by atoms with Crippen molar-refractivity contribution in [3.63, 3.8) is 0 Å². The zero-order chi connectivity index (χ0) is 18.6. The second kappa shape index (κ2) is 8.07. The van der Waals surface area contributed by atoms with Crippen LogP contribution >= 0.6 is 11.7 Å². The van der Waals surface area contributed by atoms with E-state index in [1.807, 2.05) is 13.0 Å². The van der Waals surface area contributed by atoms with Crippen LogP contribution in [0.15, 0.2) is 35.9 Å². The van der Waals surface area contributed by atoms with Crippen LogP contribution in [0, 0.1) is 23.6 Å². The van der Waals surface area contributed by atoms with Gasteiger partial charge in [-0.05, 0) is 43.7 Å². The van der Waals surface area contributed by atoms with Gasteiger partial charge >= 0.3 is 0 Å². The standard InChI is InChI=1S/C20H20FN3O2S/c1-14(6-7-15-4-2-3-5-17(15)21)9-11-25-19-20(23-27-22-19)26-18-13-24-10-8-16(18)12-24/h2-5,9,16,18H,8,10-13H2,1H3/b14-9+. The van der Waals surface area contributed by atoms with Crippen molar-refractivity contribution < 1.29 is 13.9 Å². The van der Waals surface area contributed by atoms with Gasteiger partial charge in [0.2, 0.25) is 0 Å². The highest BCUT2D eigenvalue weighted by Crippen LogP contribution is 2.33. The Bertz CT molecular complexity index is 902. The quantitative estimate of drug-likeness (QED) is 0.740. The first-order valence-corrected chi connectivity index (χ1v) is 9.70. The first kappa shape index (κ1) is 18.0. The Hall–Kier alpha value is -2.43. The molecule has 2 bridgehead atoms. The number of piperidine rings is 1. The third kappa shape index (κ3) is 4.29. The van der Waals surface area contributed by atoms with Gasteiger partial charge in [-0.1, -0.05) is 24.0 Å². The van der Waals surface area contributed by atoms with Crippen LogP contribution in [0.25, 0.3) is 0 Å². The van der Waals surface area contributed by atoms with Gasteiger partial charge in [0.15, 0.2) is 0 Å². The summed E-state index contributed by atoms with van der Waals surface area (Å²) < 4.78 is 33.7. The number of ether oxygens (including phenoxy) is 2. The summed E-state index contributed by atoms with van der Waals surface area (Å²) in [6.45, 7) is 5.39. The van der Waals surface area contributed by atoms with Crippen LogP contribution in [-0.4, -0.2) is 46.0 Å². The lowest BCUT2D eigenvalue weighted by Gasteiger charge is -2.22. The summed E-state index contributed by atoms with van der Waals surface area (Å²) >= 11 is 1.08. The van der Waals surface area contributed by atoms with E-state index >= 15 is 0 Å². The van der Waals surface area contributed by atoms with Gasteiger partial charge in [-0.3, -0.25) is 4.90 Å². The molecule has 0 radical (unpaired) electrons. The summed E-state index contributed by atoms with van der Waals surface area (Å²) in [4.78, 5) is 2.41. The fourth-order valence-corrected chi connectivity index (χ4v) is 3.81. The van der Waals surface area contributed by atoms with Crippen LogP contribution in [0.3, 0.4) is 0 Å². The maximum Gasteiger partial charge on any atom is 0.291 e. The van der Waals surface area contributed by atoms with Crippen molar-refractivity contribution in [3.05, 3.63) is 47.3 Å². The number of hydrogen-bond donors (Lipinski definition) is 0. The van der Waals surface area contributed by atoms with Crippen LogP contribution < -0.4 is 9.47 Å². The van der Waals surface area contributed by atoms with Gasteiger partial charge in [-0.2, -0.15) is 0 Å². The third-order valence-corrected chi connectivity index (χ3v) is 5.34. The summed E-state index contributed by atoms with van der Waals surface area (Å²) in [5.41, 5.74) is 1.18. The van der Waals surface area contributed by atoms with E-state index in [1.54, 1.807) is 18.2 Å². The van der Waals surface area contributed by atoms with E-state index in [9.17, 15) is 4.39 Å². The molecule has 0 amide bonds. The number of benzene rings is 1. The molecule has 2 aliphatic rings. The average Bonchev–Trinajstić information content (AvgIpc) is 3.39. The van der Waals surface area contributed by atoms with Gasteiger partial charge in [-0.25, -0.2) is 4.39 Å². The molecule has 0 aliphatic carbocycles. The summed E-state index contributed by atoms with van der Waals surface area (Å²) in [5.74, 6) is 6.92. The molecule has 3 atom stereocenters. The first-order valence-electron chi connectivity index (χ1n) is 8.97. The summed E-state index contributed by atoms with van der Waals surface area (Å²) in [6, 6.07) is 6.46. The summed E-state index contributed by atoms with van der Waals surface area (Å²) in [6.07, 6.45) is 3.19. The van der Waals surface area contributed by atoms with Gasteiger partial charge in [0.25, 0.3) is 11.8 Å². The highest BCUT2D eigenvalue weighted by Gasteiger charge is 2.40. The van der Waals surface area contributed by atoms with E-state index in [0.717, 1.165) is 30.4 Å². The van der Waals surface area contributed by atoms with Crippen LogP contribution in [-0.2, 0) is 0 Å². The van der Waals surface area contributed by atoms with Crippen LogP contribution in [0.2, 0.25) is 0 Å². The number of rotatable bonds is 5. The number of allylic oxidation sites excluding steroid dienone is 1. The van der Waals surface area contributed by atoms with Crippen molar-refractivity contribution in [2.45, 2.75) is 19.4 Å². The van der Waals surface area contributed by atoms with Gasteiger partial charge in [0, 0.05) is 19.0 Å². The lowest BCUT2D eigenvalue weighted by atomic mass is 10.0. The molecule has 3 heterocycles. The Morgan fingerprint density at radius 1 is 1.33 bits per heavy atom.